The number of amides is 1. The van der Waals surface area contributed by atoms with Crippen LogP contribution in [0.15, 0.2) is 0 Å². The third kappa shape index (κ3) is 8.27. The summed E-state index contributed by atoms with van der Waals surface area (Å²) in [7, 11) is -1.16. The molecule has 0 heterocycles. The molecule has 3 atom stereocenters. The highest BCUT2D eigenvalue weighted by atomic mass is 32.2. The molecular weight excluding hydrogens is 276 g/mol. The number of carboxylic acid groups (broad SMARTS) is 2. The van der Waals surface area contributed by atoms with E-state index >= 15 is 0 Å². The number of carbonyl (C=O) groups excluding carboxylic acids is 1. The number of nitrogens with one attached hydrogen (secondary N) is 1. The molecule has 1 unspecified atom stereocenters. The quantitative estimate of drug-likeness (QED) is 0.405. The van der Waals surface area contributed by atoms with Crippen LogP contribution in [0.1, 0.15) is 19.3 Å². The van der Waals surface area contributed by atoms with Crippen molar-refractivity contribution in [3.63, 3.8) is 0 Å². The Kier molecular flexibility index (Phi) is 7.92. The molecular formula is C10H18N2O6S. The van der Waals surface area contributed by atoms with Gasteiger partial charge in [0.2, 0.25) is 5.91 Å². The molecule has 0 saturated heterocycles. The Balaban J connectivity index is 4.33. The van der Waals surface area contributed by atoms with E-state index in [9.17, 15) is 18.6 Å². The van der Waals surface area contributed by atoms with Crippen molar-refractivity contribution in [3.8, 4) is 0 Å². The van der Waals surface area contributed by atoms with Gasteiger partial charge in [-0.05, 0) is 12.8 Å². The van der Waals surface area contributed by atoms with Crippen molar-refractivity contribution in [2.45, 2.75) is 31.3 Å². The fourth-order valence-corrected chi connectivity index (χ4v) is 1.80. The van der Waals surface area contributed by atoms with Crippen molar-refractivity contribution in [1.82, 2.24) is 5.32 Å². The fraction of sp³-hybridized carbons (Fsp3) is 0.700. The summed E-state index contributed by atoms with van der Waals surface area (Å²) >= 11 is 0. The standard InChI is InChI=1S/C10H18N2O6S/c1-19(18)5-4-7(10(16)17)12-9(15)6(11)2-3-8(13)14/h6-7H,2-5,11H2,1H3,(H,12,15)(H,13,14)(H,16,17)/t6-,7-,19?/m0/s1. The average molecular weight is 294 g/mol. The molecule has 0 radical (unpaired) electrons. The van der Waals surface area contributed by atoms with Gasteiger partial charge < -0.3 is 21.3 Å². The van der Waals surface area contributed by atoms with E-state index in [1.54, 1.807) is 0 Å². The molecule has 8 nitrogen and oxygen atoms in total. The molecule has 0 aromatic carbocycles. The van der Waals surface area contributed by atoms with E-state index < -0.39 is 40.7 Å². The maximum atomic E-state index is 11.5. The number of nitrogens with two attached hydrogens (primary N) is 1. The van der Waals surface area contributed by atoms with Gasteiger partial charge in [0.05, 0.1) is 6.04 Å². The van der Waals surface area contributed by atoms with Gasteiger partial charge in [-0.2, -0.15) is 0 Å². The second kappa shape index (κ2) is 8.59. The van der Waals surface area contributed by atoms with Crippen LogP contribution in [0.3, 0.4) is 0 Å². The molecule has 9 heteroatoms. The molecule has 0 saturated carbocycles. The molecule has 0 aromatic rings. The third-order valence-electron chi connectivity index (χ3n) is 2.31. The largest absolute Gasteiger partial charge is 0.481 e. The van der Waals surface area contributed by atoms with Gasteiger partial charge in [-0.3, -0.25) is 13.8 Å². The van der Waals surface area contributed by atoms with Gasteiger partial charge in [-0.25, -0.2) is 4.79 Å². The lowest BCUT2D eigenvalue weighted by molar-refractivity contribution is -0.142. The number of carbonyl (C=O) groups is 3. The lowest BCUT2D eigenvalue weighted by Gasteiger charge is -2.17. The summed E-state index contributed by atoms with van der Waals surface area (Å²) in [4.78, 5) is 32.8. The van der Waals surface area contributed by atoms with Crippen molar-refractivity contribution in [1.29, 1.82) is 0 Å². The van der Waals surface area contributed by atoms with Crippen molar-refractivity contribution in [3.05, 3.63) is 0 Å². The molecule has 19 heavy (non-hydrogen) atoms. The Labute approximate surface area is 112 Å². The van der Waals surface area contributed by atoms with E-state index in [0.29, 0.717) is 0 Å². The topological polar surface area (TPSA) is 147 Å². The number of rotatable bonds is 9. The van der Waals surface area contributed by atoms with Crippen LogP contribution in [0.25, 0.3) is 0 Å². The second-order valence-corrected chi connectivity index (χ2v) is 5.56. The molecule has 0 spiro atoms. The molecule has 0 bridgehead atoms. The normalized spacial score (nSPS) is 15.3. The summed E-state index contributed by atoms with van der Waals surface area (Å²) in [6.45, 7) is 0. The molecule has 0 aliphatic carbocycles. The highest BCUT2D eigenvalue weighted by molar-refractivity contribution is 7.84. The predicted molar refractivity (Wildman–Crippen MR) is 68.0 cm³/mol. The van der Waals surface area contributed by atoms with Gasteiger partial charge in [-0.15, -0.1) is 0 Å². The van der Waals surface area contributed by atoms with E-state index in [0.717, 1.165) is 0 Å². The maximum absolute atomic E-state index is 11.5. The Morgan fingerprint density at radius 2 is 1.84 bits per heavy atom. The van der Waals surface area contributed by atoms with Gasteiger partial charge in [0.1, 0.15) is 6.04 Å². The minimum atomic E-state index is -1.25. The minimum absolute atomic E-state index is 0.0236. The Bertz CT molecular complexity index is 373. The SMILES string of the molecule is CS(=O)CC[C@H](NC(=O)[C@@H](N)CCC(=O)O)C(=O)O. The predicted octanol–water partition coefficient (Wildman–Crippen LogP) is -1.48. The van der Waals surface area contributed by atoms with Gasteiger partial charge in [-0.1, -0.05) is 0 Å². The highest BCUT2D eigenvalue weighted by Crippen LogP contribution is 1.99. The van der Waals surface area contributed by atoms with E-state index in [1.807, 2.05) is 0 Å². The van der Waals surface area contributed by atoms with Crippen LogP contribution in [-0.4, -0.2) is 56.4 Å². The van der Waals surface area contributed by atoms with Crippen LogP contribution in [-0.2, 0) is 25.2 Å². The number of hydrogen-bond acceptors (Lipinski definition) is 5. The first kappa shape index (κ1) is 17.5. The van der Waals surface area contributed by atoms with E-state index in [-0.39, 0.29) is 25.0 Å². The van der Waals surface area contributed by atoms with Crippen LogP contribution >= 0.6 is 0 Å². The van der Waals surface area contributed by atoms with Crippen LogP contribution in [0, 0.1) is 0 Å². The first-order valence-corrected chi connectivity index (χ1v) is 7.27. The van der Waals surface area contributed by atoms with Crippen LogP contribution in [0.5, 0.6) is 0 Å². The van der Waals surface area contributed by atoms with Crippen molar-refractivity contribution in [2.75, 3.05) is 12.0 Å². The lowest BCUT2D eigenvalue weighted by atomic mass is 10.1. The summed E-state index contributed by atoms with van der Waals surface area (Å²) in [5, 5.41) is 19.5. The molecule has 0 rings (SSSR count). The maximum Gasteiger partial charge on any atom is 0.326 e. The number of aliphatic carboxylic acids is 2. The smallest absolute Gasteiger partial charge is 0.326 e. The summed E-state index contributed by atoms with van der Waals surface area (Å²) in [6.07, 6.45) is 1.10. The first-order chi connectivity index (χ1) is 8.73. The number of carboxylic acids is 2. The molecule has 5 N–H and O–H groups in total. The van der Waals surface area contributed by atoms with E-state index in [4.69, 9.17) is 15.9 Å². The van der Waals surface area contributed by atoms with Crippen molar-refractivity contribution < 1.29 is 28.8 Å². The zero-order valence-electron chi connectivity index (χ0n) is 10.5. The Hall–Kier alpha value is -1.48. The van der Waals surface area contributed by atoms with E-state index in [2.05, 4.69) is 5.32 Å². The zero-order chi connectivity index (χ0) is 15.0. The van der Waals surface area contributed by atoms with Crippen LogP contribution in [0.4, 0.5) is 0 Å². The minimum Gasteiger partial charge on any atom is -0.481 e. The van der Waals surface area contributed by atoms with Gasteiger partial charge in [0.15, 0.2) is 0 Å². The van der Waals surface area contributed by atoms with Crippen molar-refractivity contribution in [2.24, 2.45) is 5.73 Å². The summed E-state index contributed by atoms with van der Waals surface area (Å²) in [6, 6.07) is -2.25. The second-order valence-electron chi connectivity index (χ2n) is 4.00. The van der Waals surface area contributed by atoms with Crippen LogP contribution in [0.2, 0.25) is 0 Å². The molecule has 0 aliphatic rings. The molecule has 0 fully saturated rings. The van der Waals surface area contributed by atoms with Gasteiger partial charge >= 0.3 is 11.9 Å². The third-order valence-corrected chi connectivity index (χ3v) is 3.13. The highest BCUT2D eigenvalue weighted by Gasteiger charge is 2.23. The van der Waals surface area contributed by atoms with Gasteiger partial charge in [0.25, 0.3) is 0 Å². The summed E-state index contributed by atoms with van der Waals surface area (Å²) < 4.78 is 10.9. The monoisotopic (exact) mass is 294 g/mol. The first-order valence-electron chi connectivity index (χ1n) is 5.54. The average Bonchev–Trinajstić information content (AvgIpc) is 2.30. The Morgan fingerprint density at radius 3 is 2.26 bits per heavy atom. The molecule has 110 valence electrons. The van der Waals surface area contributed by atoms with Crippen molar-refractivity contribution >= 4 is 28.6 Å². The molecule has 1 amide bonds. The summed E-state index contributed by atoms with van der Waals surface area (Å²) in [5.74, 6) is -2.92. The lowest BCUT2D eigenvalue weighted by Crippen LogP contribution is -2.49. The van der Waals surface area contributed by atoms with Crippen LogP contribution < -0.4 is 11.1 Å². The number of hydrogen-bond donors (Lipinski definition) is 4. The molecule has 0 aromatic heterocycles. The molecule has 0 aliphatic heterocycles. The fourth-order valence-electron chi connectivity index (χ4n) is 1.23. The van der Waals surface area contributed by atoms with Gasteiger partial charge in [0, 0.05) is 29.2 Å². The Morgan fingerprint density at radius 1 is 1.26 bits per heavy atom. The van der Waals surface area contributed by atoms with E-state index in [1.165, 1.54) is 6.26 Å². The summed E-state index contributed by atoms with van der Waals surface area (Å²) in [5.41, 5.74) is 5.44. The zero-order valence-corrected chi connectivity index (χ0v) is 11.3.